The Morgan fingerprint density at radius 2 is 2.16 bits per heavy atom. The molecule has 0 amide bonds. The molecule has 1 aliphatic heterocycles. The van der Waals surface area contributed by atoms with Gasteiger partial charge >= 0.3 is 0 Å². The third-order valence-corrected chi connectivity index (χ3v) is 4.58. The molecule has 3 N–H and O–H groups in total. The average Bonchev–Trinajstić information content (AvgIpc) is 2.64. The van der Waals surface area contributed by atoms with E-state index in [4.69, 9.17) is 0 Å². The lowest BCUT2D eigenvalue weighted by atomic mass is 10.0. The molecule has 3 aromatic rings. The van der Waals surface area contributed by atoms with E-state index in [0.29, 0.717) is 17.3 Å². The molecule has 1 atom stereocenters. The number of hydrogen-bond donors (Lipinski definition) is 3. The van der Waals surface area contributed by atoms with Crippen LogP contribution in [0.5, 0.6) is 5.75 Å². The summed E-state index contributed by atoms with van der Waals surface area (Å²) in [4.78, 5) is 4.51. The minimum atomic E-state index is 0.193. The first-order valence-corrected chi connectivity index (χ1v) is 8.61. The quantitative estimate of drug-likeness (QED) is 0.683. The van der Waals surface area contributed by atoms with Crippen LogP contribution in [0.4, 0.5) is 5.82 Å². The van der Waals surface area contributed by atoms with Crippen molar-refractivity contribution >= 4 is 16.7 Å². The normalized spacial score (nSPS) is 17.6. The van der Waals surface area contributed by atoms with Crippen molar-refractivity contribution in [1.29, 1.82) is 0 Å². The Bertz CT molecular complexity index is 905. The van der Waals surface area contributed by atoms with Gasteiger partial charge in [0.25, 0.3) is 0 Å². The number of rotatable bonds is 3. The monoisotopic (exact) mass is 335 g/mol. The fourth-order valence-electron chi connectivity index (χ4n) is 3.28. The van der Waals surface area contributed by atoms with Gasteiger partial charge in [0.05, 0.1) is 0 Å². The number of phenolic OH excluding ortho intramolecular Hbond substituents is 1. The van der Waals surface area contributed by atoms with Crippen LogP contribution in [-0.4, -0.2) is 39.4 Å². The van der Waals surface area contributed by atoms with Crippen LogP contribution < -0.4 is 10.6 Å². The maximum absolute atomic E-state index is 10.3. The van der Waals surface area contributed by atoms with Gasteiger partial charge in [-0.15, -0.1) is 10.2 Å². The van der Waals surface area contributed by atoms with Gasteiger partial charge in [-0.2, -0.15) is 0 Å². The molecule has 1 aliphatic rings. The zero-order valence-corrected chi connectivity index (χ0v) is 14.2. The Morgan fingerprint density at radius 3 is 2.96 bits per heavy atom. The van der Waals surface area contributed by atoms with E-state index in [1.54, 1.807) is 12.3 Å². The zero-order valence-electron chi connectivity index (χ0n) is 14.2. The highest BCUT2D eigenvalue weighted by Gasteiger charge is 2.18. The summed E-state index contributed by atoms with van der Waals surface area (Å²) >= 11 is 0. The maximum Gasteiger partial charge on any atom is 0.158 e. The van der Waals surface area contributed by atoms with E-state index in [9.17, 15) is 5.11 Å². The van der Waals surface area contributed by atoms with Gasteiger partial charge in [0.1, 0.15) is 17.0 Å². The number of hydrogen-bond acceptors (Lipinski definition) is 6. The van der Waals surface area contributed by atoms with Gasteiger partial charge in [-0.3, -0.25) is 4.98 Å². The lowest BCUT2D eigenvalue weighted by molar-refractivity contribution is 0.476. The summed E-state index contributed by atoms with van der Waals surface area (Å²) in [6.45, 7) is 3.93. The van der Waals surface area contributed by atoms with Gasteiger partial charge in [-0.25, -0.2) is 0 Å². The van der Waals surface area contributed by atoms with Crippen LogP contribution in [-0.2, 0) is 0 Å². The smallest absolute Gasteiger partial charge is 0.158 e. The number of benzene rings is 1. The van der Waals surface area contributed by atoms with Crippen LogP contribution in [0.15, 0.2) is 36.5 Å². The molecule has 0 bridgehead atoms. The van der Waals surface area contributed by atoms with Crippen LogP contribution >= 0.6 is 0 Å². The molecule has 1 aromatic carbocycles. The molecule has 3 heterocycles. The Balaban J connectivity index is 1.78. The molecule has 1 fully saturated rings. The van der Waals surface area contributed by atoms with Crippen molar-refractivity contribution in [3.05, 3.63) is 42.1 Å². The second-order valence-electron chi connectivity index (χ2n) is 6.50. The molecule has 0 aliphatic carbocycles. The van der Waals surface area contributed by atoms with Crippen LogP contribution in [0.1, 0.15) is 18.4 Å². The summed E-state index contributed by atoms with van der Waals surface area (Å²) in [6.07, 6.45) is 4.00. The fraction of sp³-hybridized carbons (Fsp3) is 0.316. The first-order valence-electron chi connectivity index (χ1n) is 8.61. The number of nitrogens with one attached hydrogen (secondary N) is 2. The number of aromatic hydroxyl groups is 1. The highest BCUT2D eigenvalue weighted by Crippen LogP contribution is 2.34. The minimum absolute atomic E-state index is 0.193. The third-order valence-electron chi connectivity index (χ3n) is 4.58. The summed E-state index contributed by atoms with van der Waals surface area (Å²) in [5.74, 6) is 0.936. The van der Waals surface area contributed by atoms with Crippen molar-refractivity contribution in [2.24, 2.45) is 0 Å². The summed E-state index contributed by atoms with van der Waals surface area (Å²) in [5.41, 5.74) is 2.98. The Kier molecular flexibility index (Phi) is 4.19. The lowest BCUT2D eigenvalue weighted by Crippen LogP contribution is -2.38. The maximum atomic E-state index is 10.3. The molecule has 6 nitrogen and oxygen atoms in total. The Labute approximate surface area is 146 Å². The topological polar surface area (TPSA) is 83.0 Å². The van der Waals surface area contributed by atoms with Gasteiger partial charge in [0, 0.05) is 29.7 Å². The van der Waals surface area contributed by atoms with Gasteiger partial charge in [0.2, 0.25) is 0 Å². The predicted molar refractivity (Wildman–Crippen MR) is 98.7 cm³/mol. The van der Waals surface area contributed by atoms with Crippen LogP contribution in [0.3, 0.4) is 0 Å². The molecule has 6 heteroatoms. The SMILES string of the molecule is Cc1ccc(-c2nnc(NC3CCCNC3)c3cccnc23)c(O)c1. The predicted octanol–water partition coefficient (Wildman–Crippen LogP) is 2.87. The number of pyridine rings is 1. The average molecular weight is 335 g/mol. The number of piperidine rings is 1. The number of fused-ring (bicyclic) bond motifs is 1. The van der Waals surface area contributed by atoms with E-state index in [2.05, 4.69) is 25.8 Å². The Morgan fingerprint density at radius 1 is 1.24 bits per heavy atom. The van der Waals surface area contributed by atoms with Crippen LogP contribution in [0.2, 0.25) is 0 Å². The van der Waals surface area contributed by atoms with Gasteiger partial charge in [-0.1, -0.05) is 6.07 Å². The van der Waals surface area contributed by atoms with E-state index in [1.165, 1.54) is 0 Å². The second kappa shape index (κ2) is 6.64. The van der Waals surface area contributed by atoms with E-state index in [1.807, 2.05) is 31.2 Å². The molecule has 1 unspecified atom stereocenters. The van der Waals surface area contributed by atoms with Crippen LogP contribution in [0.25, 0.3) is 22.2 Å². The molecule has 1 saturated heterocycles. The molecular weight excluding hydrogens is 314 g/mol. The molecule has 4 rings (SSSR count). The van der Waals surface area contributed by atoms with Gasteiger partial charge in [0.15, 0.2) is 5.82 Å². The number of aryl methyl sites for hydroxylation is 1. The lowest BCUT2D eigenvalue weighted by Gasteiger charge is -2.24. The van der Waals surface area contributed by atoms with Crippen molar-refractivity contribution in [1.82, 2.24) is 20.5 Å². The summed E-state index contributed by atoms with van der Waals surface area (Å²) in [5, 5.41) is 26.9. The molecule has 0 saturated carbocycles. The second-order valence-corrected chi connectivity index (χ2v) is 6.50. The summed E-state index contributed by atoms with van der Waals surface area (Å²) in [7, 11) is 0. The number of phenols is 1. The van der Waals surface area contributed by atoms with Gasteiger partial charge < -0.3 is 15.7 Å². The number of aromatic nitrogens is 3. The van der Waals surface area contributed by atoms with Crippen molar-refractivity contribution in [3.63, 3.8) is 0 Å². The summed E-state index contributed by atoms with van der Waals surface area (Å²) < 4.78 is 0. The van der Waals surface area contributed by atoms with Crippen LogP contribution in [0, 0.1) is 6.92 Å². The van der Waals surface area contributed by atoms with Crippen molar-refractivity contribution in [2.45, 2.75) is 25.8 Å². The molecule has 2 aromatic heterocycles. The molecule has 128 valence electrons. The van der Waals surface area contributed by atoms with Crippen molar-refractivity contribution in [2.75, 3.05) is 18.4 Å². The van der Waals surface area contributed by atoms with E-state index < -0.39 is 0 Å². The number of nitrogens with zero attached hydrogens (tertiary/aromatic N) is 3. The largest absolute Gasteiger partial charge is 0.507 e. The number of anilines is 1. The summed E-state index contributed by atoms with van der Waals surface area (Å²) in [6, 6.07) is 9.76. The molecule has 0 radical (unpaired) electrons. The van der Waals surface area contributed by atoms with E-state index in [-0.39, 0.29) is 5.75 Å². The van der Waals surface area contributed by atoms with E-state index in [0.717, 1.165) is 48.2 Å². The fourth-order valence-corrected chi connectivity index (χ4v) is 3.28. The highest BCUT2D eigenvalue weighted by molar-refractivity contribution is 5.98. The molecule has 25 heavy (non-hydrogen) atoms. The third kappa shape index (κ3) is 3.13. The standard InChI is InChI=1S/C19H21N5O/c1-12-6-7-14(16(25)10-12)18-17-15(5-3-9-21-17)19(24-23-18)22-13-4-2-8-20-11-13/h3,5-7,9-10,13,20,25H,2,4,8,11H2,1H3,(H,22,24). The Hall–Kier alpha value is -2.73. The first kappa shape index (κ1) is 15.8. The van der Waals surface area contributed by atoms with Gasteiger partial charge in [-0.05, 0) is 56.1 Å². The van der Waals surface area contributed by atoms with Crippen molar-refractivity contribution < 1.29 is 5.11 Å². The first-order chi connectivity index (χ1) is 12.2. The zero-order chi connectivity index (χ0) is 17.2. The van der Waals surface area contributed by atoms with E-state index >= 15 is 0 Å². The highest BCUT2D eigenvalue weighted by atomic mass is 16.3. The minimum Gasteiger partial charge on any atom is -0.507 e. The molecular formula is C19H21N5O. The van der Waals surface area contributed by atoms with Crippen molar-refractivity contribution in [3.8, 4) is 17.0 Å². The molecule has 0 spiro atoms.